The Morgan fingerprint density at radius 2 is 2.28 bits per heavy atom. The zero-order valence-electron chi connectivity index (χ0n) is 10.8. The minimum Gasteiger partial charge on any atom is -0.469 e. The highest BCUT2D eigenvalue weighted by Crippen LogP contribution is 2.05. The van der Waals surface area contributed by atoms with E-state index in [4.69, 9.17) is 8.94 Å². The normalized spacial score (nSPS) is 12.8. The highest BCUT2D eigenvalue weighted by Gasteiger charge is 2.06. The van der Waals surface area contributed by atoms with E-state index >= 15 is 0 Å². The lowest BCUT2D eigenvalue weighted by Gasteiger charge is -2.11. The number of aryl methyl sites for hydroxylation is 2. The van der Waals surface area contributed by atoms with Crippen LogP contribution in [-0.4, -0.2) is 22.7 Å². The fourth-order valence-corrected chi connectivity index (χ4v) is 1.78. The standard InChI is InChI=1S/C13H19N3O2/c1-10(5-6-12-4-3-9-17-12)14-8-7-13-15-11(2)16-18-13/h3-4,9-10,14H,5-8H2,1-2H3. The number of hydrogen-bond acceptors (Lipinski definition) is 5. The van der Waals surface area contributed by atoms with E-state index in [0.29, 0.717) is 17.8 Å². The fraction of sp³-hybridized carbons (Fsp3) is 0.538. The summed E-state index contributed by atoms with van der Waals surface area (Å²) in [6.07, 6.45) is 4.49. The molecule has 0 saturated heterocycles. The van der Waals surface area contributed by atoms with Gasteiger partial charge in [-0.15, -0.1) is 0 Å². The van der Waals surface area contributed by atoms with Crippen LogP contribution < -0.4 is 5.32 Å². The van der Waals surface area contributed by atoms with E-state index in [2.05, 4.69) is 22.4 Å². The topological polar surface area (TPSA) is 64.1 Å². The van der Waals surface area contributed by atoms with Crippen molar-refractivity contribution >= 4 is 0 Å². The van der Waals surface area contributed by atoms with Crippen LogP contribution in [0.1, 0.15) is 30.8 Å². The Morgan fingerprint density at radius 1 is 1.39 bits per heavy atom. The van der Waals surface area contributed by atoms with Gasteiger partial charge in [-0.3, -0.25) is 0 Å². The largest absolute Gasteiger partial charge is 0.469 e. The van der Waals surface area contributed by atoms with Crippen LogP contribution in [0.2, 0.25) is 0 Å². The van der Waals surface area contributed by atoms with Gasteiger partial charge in [-0.1, -0.05) is 5.16 Å². The maximum atomic E-state index is 5.30. The van der Waals surface area contributed by atoms with Gasteiger partial charge in [-0.2, -0.15) is 4.98 Å². The van der Waals surface area contributed by atoms with Crippen molar-refractivity contribution in [3.63, 3.8) is 0 Å². The smallest absolute Gasteiger partial charge is 0.227 e. The van der Waals surface area contributed by atoms with E-state index < -0.39 is 0 Å². The van der Waals surface area contributed by atoms with E-state index in [1.807, 2.05) is 19.1 Å². The fourth-order valence-electron chi connectivity index (χ4n) is 1.78. The van der Waals surface area contributed by atoms with E-state index in [1.165, 1.54) is 0 Å². The number of nitrogens with one attached hydrogen (secondary N) is 1. The van der Waals surface area contributed by atoms with Crippen LogP contribution in [0.3, 0.4) is 0 Å². The summed E-state index contributed by atoms with van der Waals surface area (Å²) >= 11 is 0. The molecular formula is C13H19N3O2. The van der Waals surface area contributed by atoms with E-state index in [-0.39, 0.29) is 0 Å². The molecule has 1 unspecified atom stereocenters. The molecule has 2 aromatic heterocycles. The predicted octanol–water partition coefficient (Wildman–Crippen LogP) is 2.12. The summed E-state index contributed by atoms with van der Waals surface area (Å²) in [6.45, 7) is 4.84. The molecular weight excluding hydrogens is 230 g/mol. The molecule has 0 aromatic carbocycles. The van der Waals surface area contributed by atoms with Crippen LogP contribution in [0, 0.1) is 6.92 Å². The molecule has 18 heavy (non-hydrogen) atoms. The summed E-state index contributed by atoms with van der Waals surface area (Å²) in [4.78, 5) is 4.16. The van der Waals surface area contributed by atoms with Gasteiger partial charge in [-0.05, 0) is 32.4 Å². The third-order valence-corrected chi connectivity index (χ3v) is 2.81. The van der Waals surface area contributed by atoms with Gasteiger partial charge < -0.3 is 14.3 Å². The second-order valence-corrected chi connectivity index (χ2v) is 4.46. The number of nitrogens with zero attached hydrogens (tertiary/aromatic N) is 2. The zero-order chi connectivity index (χ0) is 12.8. The number of aromatic nitrogens is 2. The van der Waals surface area contributed by atoms with Gasteiger partial charge in [-0.25, -0.2) is 0 Å². The monoisotopic (exact) mass is 249 g/mol. The first-order valence-electron chi connectivity index (χ1n) is 6.29. The van der Waals surface area contributed by atoms with Crippen LogP contribution in [0.25, 0.3) is 0 Å². The lowest BCUT2D eigenvalue weighted by atomic mass is 10.1. The lowest BCUT2D eigenvalue weighted by molar-refractivity contribution is 0.368. The summed E-state index contributed by atoms with van der Waals surface area (Å²) < 4.78 is 10.3. The van der Waals surface area contributed by atoms with Gasteiger partial charge in [0.25, 0.3) is 0 Å². The average Bonchev–Trinajstić information content (AvgIpc) is 2.98. The molecule has 0 saturated carbocycles. The van der Waals surface area contributed by atoms with E-state index in [9.17, 15) is 0 Å². The van der Waals surface area contributed by atoms with Crippen molar-refractivity contribution in [3.05, 3.63) is 35.9 Å². The van der Waals surface area contributed by atoms with Gasteiger partial charge >= 0.3 is 0 Å². The van der Waals surface area contributed by atoms with Crippen molar-refractivity contribution in [3.8, 4) is 0 Å². The summed E-state index contributed by atoms with van der Waals surface area (Å²) in [7, 11) is 0. The average molecular weight is 249 g/mol. The van der Waals surface area contributed by atoms with Crippen LogP contribution in [0.15, 0.2) is 27.3 Å². The Morgan fingerprint density at radius 3 is 2.94 bits per heavy atom. The van der Waals surface area contributed by atoms with Crippen molar-refractivity contribution in [2.24, 2.45) is 0 Å². The number of rotatable bonds is 7. The first-order valence-corrected chi connectivity index (χ1v) is 6.29. The second kappa shape index (κ2) is 6.35. The molecule has 2 heterocycles. The molecule has 98 valence electrons. The Hall–Kier alpha value is -1.62. The van der Waals surface area contributed by atoms with Gasteiger partial charge in [0.05, 0.1) is 6.26 Å². The maximum Gasteiger partial charge on any atom is 0.227 e. The van der Waals surface area contributed by atoms with Gasteiger partial charge in [0, 0.05) is 25.4 Å². The summed E-state index contributed by atoms with van der Waals surface area (Å²) in [5.41, 5.74) is 0. The Bertz CT molecular complexity index is 451. The Kier molecular flexibility index (Phi) is 4.52. The molecule has 1 N–H and O–H groups in total. The molecule has 0 fully saturated rings. The Labute approximate surface area is 107 Å². The van der Waals surface area contributed by atoms with Crippen LogP contribution in [0.5, 0.6) is 0 Å². The minimum absolute atomic E-state index is 0.444. The SMILES string of the molecule is Cc1noc(CCNC(C)CCc2ccco2)n1. The highest BCUT2D eigenvalue weighted by molar-refractivity contribution is 4.98. The predicted molar refractivity (Wildman–Crippen MR) is 67.2 cm³/mol. The van der Waals surface area contributed by atoms with Crippen LogP contribution >= 0.6 is 0 Å². The van der Waals surface area contributed by atoms with E-state index in [0.717, 1.165) is 31.6 Å². The highest BCUT2D eigenvalue weighted by atomic mass is 16.5. The van der Waals surface area contributed by atoms with Gasteiger partial charge in [0.15, 0.2) is 5.82 Å². The van der Waals surface area contributed by atoms with Crippen molar-refractivity contribution in [1.82, 2.24) is 15.5 Å². The van der Waals surface area contributed by atoms with E-state index in [1.54, 1.807) is 6.26 Å². The van der Waals surface area contributed by atoms with Crippen molar-refractivity contribution in [2.75, 3.05) is 6.54 Å². The van der Waals surface area contributed by atoms with Crippen LogP contribution in [0.4, 0.5) is 0 Å². The lowest BCUT2D eigenvalue weighted by Crippen LogP contribution is -2.28. The number of furan rings is 1. The molecule has 5 heteroatoms. The van der Waals surface area contributed by atoms with Gasteiger partial charge in [0.2, 0.25) is 5.89 Å². The van der Waals surface area contributed by atoms with Gasteiger partial charge in [0.1, 0.15) is 5.76 Å². The molecule has 5 nitrogen and oxygen atoms in total. The molecule has 0 radical (unpaired) electrons. The molecule has 2 aromatic rings. The van der Waals surface area contributed by atoms with Crippen LogP contribution in [-0.2, 0) is 12.8 Å². The first kappa shape index (κ1) is 12.8. The third-order valence-electron chi connectivity index (χ3n) is 2.81. The molecule has 1 atom stereocenters. The number of hydrogen-bond donors (Lipinski definition) is 1. The molecule has 2 rings (SSSR count). The second-order valence-electron chi connectivity index (χ2n) is 4.46. The summed E-state index contributed by atoms with van der Waals surface area (Å²) in [5.74, 6) is 2.42. The van der Waals surface area contributed by atoms with Crippen molar-refractivity contribution in [2.45, 2.75) is 39.2 Å². The molecule has 0 spiro atoms. The quantitative estimate of drug-likeness (QED) is 0.814. The Balaban J connectivity index is 1.61. The molecule has 0 aliphatic heterocycles. The first-order chi connectivity index (χ1) is 8.74. The molecule has 0 amide bonds. The third kappa shape index (κ3) is 4.00. The molecule has 0 aliphatic carbocycles. The summed E-state index contributed by atoms with van der Waals surface area (Å²) in [6, 6.07) is 4.37. The molecule has 0 bridgehead atoms. The summed E-state index contributed by atoms with van der Waals surface area (Å²) in [5, 5.41) is 7.19. The van der Waals surface area contributed by atoms with Crippen molar-refractivity contribution in [1.29, 1.82) is 0 Å². The molecule has 0 aliphatic rings. The maximum absolute atomic E-state index is 5.30. The minimum atomic E-state index is 0.444. The van der Waals surface area contributed by atoms with Crippen molar-refractivity contribution < 1.29 is 8.94 Å². The zero-order valence-corrected chi connectivity index (χ0v) is 10.8.